The Labute approximate surface area is 111 Å². The Balaban J connectivity index is 2.30. The minimum atomic E-state index is -1.07. The van der Waals surface area contributed by atoms with Crippen molar-refractivity contribution in [3.05, 3.63) is 0 Å². The number of thioether (sulfide) groups is 1. The minimum Gasteiger partial charge on any atom is -0.480 e. The molecule has 6 heteroatoms. The average molecular weight is 270 g/mol. The van der Waals surface area contributed by atoms with Gasteiger partial charge in [-0.15, -0.1) is 18.2 Å². The third-order valence-electron chi connectivity index (χ3n) is 2.94. The van der Waals surface area contributed by atoms with Crippen LogP contribution in [-0.2, 0) is 4.79 Å². The highest BCUT2D eigenvalue weighted by atomic mass is 32.2. The fourth-order valence-corrected chi connectivity index (χ4v) is 2.51. The predicted molar refractivity (Wildman–Crippen MR) is 71.5 cm³/mol. The van der Waals surface area contributed by atoms with Gasteiger partial charge in [0.15, 0.2) is 0 Å². The summed E-state index contributed by atoms with van der Waals surface area (Å²) in [7, 11) is 0. The molecule has 2 amide bonds. The minimum absolute atomic E-state index is 0.416. The number of aliphatic carboxylic acids is 1. The van der Waals surface area contributed by atoms with Crippen molar-refractivity contribution in [2.75, 3.05) is 18.1 Å². The van der Waals surface area contributed by atoms with Crippen molar-refractivity contribution in [3.8, 4) is 12.3 Å². The predicted octanol–water partition coefficient (Wildman–Crippen LogP) is 1.05. The molecular weight excluding hydrogens is 252 g/mol. The van der Waals surface area contributed by atoms with Crippen LogP contribution in [-0.4, -0.2) is 40.7 Å². The molecule has 0 spiro atoms. The van der Waals surface area contributed by atoms with Crippen LogP contribution in [0.4, 0.5) is 4.79 Å². The third kappa shape index (κ3) is 4.15. The Morgan fingerprint density at radius 1 is 1.39 bits per heavy atom. The summed E-state index contributed by atoms with van der Waals surface area (Å²) in [5.74, 6) is 2.88. The number of carbonyl (C=O) groups is 2. The van der Waals surface area contributed by atoms with Crippen LogP contribution in [0.1, 0.15) is 25.7 Å². The zero-order valence-corrected chi connectivity index (χ0v) is 11.0. The van der Waals surface area contributed by atoms with Gasteiger partial charge in [-0.3, -0.25) is 0 Å². The molecule has 1 rings (SSSR count). The summed E-state index contributed by atoms with van der Waals surface area (Å²) in [6, 6.07) is -0.416. The second-order valence-corrected chi connectivity index (χ2v) is 5.34. The monoisotopic (exact) mass is 270 g/mol. The van der Waals surface area contributed by atoms with Crippen LogP contribution in [0.2, 0.25) is 0 Å². The highest BCUT2D eigenvalue weighted by molar-refractivity contribution is 7.99. The molecule has 3 N–H and O–H groups in total. The zero-order chi connectivity index (χ0) is 13.4. The van der Waals surface area contributed by atoms with E-state index in [9.17, 15) is 14.7 Å². The van der Waals surface area contributed by atoms with Crippen molar-refractivity contribution < 1.29 is 14.7 Å². The molecule has 0 atom stereocenters. The number of urea groups is 1. The molecule has 1 fully saturated rings. The van der Waals surface area contributed by atoms with E-state index >= 15 is 0 Å². The molecule has 0 aliphatic heterocycles. The first kappa shape index (κ1) is 14.7. The largest absolute Gasteiger partial charge is 0.480 e. The normalized spacial score (nSPS) is 16.8. The molecule has 0 aromatic heterocycles. The van der Waals surface area contributed by atoms with E-state index in [1.54, 1.807) is 11.8 Å². The molecule has 18 heavy (non-hydrogen) atoms. The maximum atomic E-state index is 11.6. The van der Waals surface area contributed by atoms with Crippen molar-refractivity contribution in [3.63, 3.8) is 0 Å². The van der Waals surface area contributed by atoms with E-state index in [0.717, 1.165) is 18.6 Å². The van der Waals surface area contributed by atoms with E-state index in [4.69, 9.17) is 6.42 Å². The van der Waals surface area contributed by atoms with Crippen LogP contribution in [0.5, 0.6) is 0 Å². The van der Waals surface area contributed by atoms with Gasteiger partial charge in [-0.2, -0.15) is 0 Å². The third-order valence-corrected chi connectivity index (χ3v) is 3.80. The van der Waals surface area contributed by atoms with Crippen LogP contribution in [0.15, 0.2) is 0 Å². The van der Waals surface area contributed by atoms with Gasteiger partial charge >= 0.3 is 12.0 Å². The summed E-state index contributed by atoms with van der Waals surface area (Å²) < 4.78 is 0. The van der Waals surface area contributed by atoms with Gasteiger partial charge in [0.05, 0.1) is 5.75 Å². The number of carbonyl (C=O) groups excluding carboxylic acids is 1. The molecule has 1 aliphatic rings. The summed E-state index contributed by atoms with van der Waals surface area (Å²) >= 11 is 1.55. The molecule has 0 unspecified atom stereocenters. The molecule has 0 bridgehead atoms. The van der Waals surface area contributed by atoms with Gasteiger partial charge in [0.1, 0.15) is 5.54 Å². The molecule has 100 valence electrons. The molecular formula is C12H18N2O3S. The van der Waals surface area contributed by atoms with Gasteiger partial charge < -0.3 is 15.7 Å². The summed E-state index contributed by atoms with van der Waals surface area (Å²) in [6.45, 7) is 0.480. The maximum Gasteiger partial charge on any atom is 0.329 e. The lowest BCUT2D eigenvalue weighted by molar-refractivity contribution is -0.144. The molecule has 1 aliphatic carbocycles. The number of hydrogen-bond donors (Lipinski definition) is 3. The number of hydrogen-bond acceptors (Lipinski definition) is 3. The van der Waals surface area contributed by atoms with E-state index in [0.29, 0.717) is 25.1 Å². The van der Waals surface area contributed by atoms with Crippen molar-refractivity contribution in [2.24, 2.45) is 0 Å². The standard InChI is InChI=1S/C12H18N2O3S/c1-2-8-18-9-7-13-11(17)14-12(10(15)16)5-3-4-6-12/h1H,3-9H2,(H,15,16)(H2,13,14,17). The van der Waals surface area contributed by atoms with Gasteiger partial charge in [0, 0.05) is 12.3 Å². The van der Waals surface area contributed by atoms with Gasteiger partial charge in [-0.1, -0.05) is 18.8 Å². The number of carboxylic acids is 1. The fourth-order valence-electron chi connectivity index (χ4n) is 2.00. The lowest BCUT2D eigenvalue weighted by atomic mass is 9.98. The average Bonchev–Trinajstić information content (AvgIpc) is 2.78. The Morgan fingerprint density at radius 2 is 2.06 bits per heavy atom. The molecule has 0 radical (unpaired) electrons. The number of terminal acetylenes is 1. The first-order valence-electron chi connectivity index (χ1n) is 5.91. The van der Waals surface area contributed by atoms with Crippen LogP contribution in [0, 0.1) is 12.3 Å². The molecule has 0 heterocycles. The van der Waals surface area contributed by atoms with Gasteiger partial charge in [0.2, 0.25) is 0 Å². The van der Waals surface area contributed by atoms with Crippen molar-refractivity contribution in [1.82, 2.24) is 10.6 Å². The summed E-state index contributed by atoms with van der Waals surface area (Å²) in [6.07, 6.45) is 7.77. The second-order valence-electron chi connectivity index (χ2n) is 4.23. The Bertz CT molecular complexity index is 346. The quantitative estimate of drug-likeness (QED) is 0.498. The van der Waals surface area contributed by atoms with E-state index in [1.807, 2.05) is 0 Å². The smallest absolute Gasteiger partial charge is 0.329 e. The molecule has 0 aromatic rings. The fraction of sp³-hybridized carbons (Fsp3) is 0.667. The van der Waals surface area contributed by atoms with Crippen LogP contribution >= 0.6 is 11.8 Å². The number of amides is 2. The van der Waals surface area contributed by atoms with Gasteiger partial charge in [-0.05, 0) is 12.8 Å². The Kier molecular flexibility index (Phi) is 5.86. The summed E-state index contributed by atoms with van der Waals surface area (Å²) in [4.78, 5) is 22.8. The van der Waals surface area contributed by atoms with Crippen molar-refractivity contribution in [2.45, 2.75) is 31.2 Å². The zero-order valence-electron chi connectivity index (χ0n) is 10.2. The second kappa shape index (κ2) is 7.17. The van der Waals surface area contributed by atoms with Gasteiger partial charge in [0.25, 0.3) is 0 Å². The topological polar surface area (TPSA) is 78.4 Å². The van der Waals surface area contributed by atoms with E-state index in [2.05, 4.69) is 16.6 Å². The van der Waals surface area contributed by atoms with Crippen molar-refractivity contribution in [1.29, 1.82) is 0 Å². The highest BCUT2D eigenvalue weighted by Crippen LogP contribution is 2.29. The Hall–Kier alpha value is -1.35. The lowest BCUT2D eigenvalue weighted by Crippen LogP contribution is -2.55. The number of carboxylic acid groups (broad SMARTS) is 1. The molecule has 0 saturated heterocycles. The number of nitrogens with one attached hydrogen (secondary N) is 2. The Morgan fingerprint density at radius 3 is 2.61 bits per heavy atom. The molecule has 1 saturated carbocycles. The highest BCUT2D eigenvalue weighted by Gasteiger charge is 2.42. The number of rotatable bonds is 6. The summed E-state index contributed by atoms with van der Waals surface area (Å²) in [5, 5.41) is 14.4. The van der Waals surface area contributed by atoms with Crippen LogP contribution < -0.4 is 10.6 Å². The van der Waals surface area contributed by atoms with Crippen molar-refractivity contribution >= 4 is 23.8 Å². The SMILES string of the molecule is C#CCSCCNC(=O)NC1(C(=O)O)CCCC1. The molecule has 0 aromatic carbocycles. The van der Waals surface area contributed by atoms with E-state index < -0.39 is 17.5 Å². The van der Waals surface area contributed by atoms with Crippen LogP contribution in [0.25, 0.3) is 0 Å². The van der Waals surface area contributed by atoms with E-state index in [-0.39, 0.29) is 0 Å². The first-order chi connectivity index (χ1) is 8.60. The molecule has 5 nitrogen and oxygen atoms in total. The maximum absolute atomic E-state index is 11.6. The van der Waals surface area contributed by atoms with E-state index in [1.165, 1.54) is 0 Å². The lowest BCUT2D eigenvalue weighted by Gasteiger charge is -2.25. The summed E-state index contributed by atoms with van der Waals surface area (Å²) in [5.41, 5.74) is -1.07. The van der Waals surface area contributed by atoms with Gasteiger partial charge in [-0.25, -0.2) is 9.59 Å². The first-order valence-corrected chi connectivity index (χ1v) is 7.07. The van der Waals surface area contributed by atoms with Crippen LogP contribution in [0.3, 0.4) is 0 Å².